The van der Waals surface area contributed by atoms with E-state index in [1.807, 2.05) is 5.38 Å². The molecule has 0 amide bonds. The summed E-state index contributed by atoms with van der Waals surface area (Å²) in [5, 5.41) is 5.35. The summed E-state index contributed by atoms with van der Waals surface area (Å²) in [6.45, 7) is 1.26. The van der Waals surface area contributed by atoms with Crippen molar-refractivity contribution in [2.45, 2.75) is 25.1 Å². The molecule has 2 heterocycles. The number of rotatable bonds is 4. The van der Waals surface area contributed by atoms with Gasteiger partial charge >= 0.3 is 0 Å². The molecule has 3 nitrogen and oxygen atoms in total. The predicted molar refractivity (Wildman–Crippen MR) is 72.4 cm³/mol. The van der Waals surface area contributed by atoms with Gasteiger partial charge in [-0.1, -0.05) is 6.07 Å². The molecule has 1 aliphatic rings. The van der Waals surface area contributed by atoms with E-state index >= 15 is 0 Å². The summed E-state index contributed by atoms with van der Waals surface area (Å²) in [5.41, 5.74) is 3.43. The molecule has 106 valence electrons. The molecule has 0 spiro atoms. The van der Waals surface area contributed by atoms with Gasteiger partial charge in [-0.25, -0.2) is 13.8 Å². The van der Waals surface area contributed by atoms with Gasteiger partial charge in [0.15, 0.2) is 11.6 Å². The molecule has 0 bridgehead atoms. The van der Waals surface area contributed by atoms with E-state index in [0.717, 1.165) is 18.2 Å². The van der Waals surface area contributed by atoms with Crippen molar-refractivity contribution in [3.8, 4) is 0 Å². The third-order valence-electron chi connectivity index (χ3n) is 3.39. The van der Waals surface area contributed by atoms with Crippen molar-refractivity contribution < 1.29 is 13.5 Å². The molecule has 0 aliphatic carbocycles. The van der Waals surface area contributed by atoms with E-state index in [4.69, 9.17) is 4.74 Å². The Morgan fingerprint density at radius 3 is 3.00 bits per heavy atom. The minimum Gasteiger partial charge on any atom is -0.372 e. The number of benzene rings is 1. The third kappa shape index (κ3) is 2.87. The number of hydrogen-bond acceptors (Lipinski definition) is 4. The Bertz CT molecular complexity index is 577. The molecule has 6 heteroatoms. The second-order valence-electron chi connectivity index (χ2n) is 4.72. The molecule has 3 rings (SSSR count). The van der Waals surface area contributed by atoms with Crippen LogP contribution in [0.2, 0.25) is 0 Å². The molecule has 1 aliphatic heterocycles. The SMILES string of the molecule is Fc1ccc([C@H]2OCC[C@@H]2NCc2cscn2)cc1F. The molecule has 1 aromatic heterocycles. The van der Waals surface area contributed by atoms with Gasteiger partial charge in [0, 0.05) is 24.6 Å². The number of halogens is 2. The van der Waals surface area contributed by atoms with Crippen LogP contribution in [0.5, 0.6) is 0 Å². The maximum Gasteiger partial charge on any atom is 0.159 e. The lowest BCUT2D eigenvalue weighted by Crippen LogP contribution is -2.31. The molecule has 0 radical (unpaired) electrons. The van der Waals surface area contributed by atoms with Crippen LogP contribution in [0, 0.1) is 11.6 Å². The van der Waals surface area contributed by atoms with Crippen molar-refractivity contribution in [2.75, 3.05) is 6.61 Å². The van der Waals surface area contributed by atoms with Crippen LogP contribution >= 0.6 is 11.3 Å². The second-order valence-corrected chi connectivity index (χ2v) is 5.44. The number of ether oxygens (including phenoxy) is 1. The summed E-state index contributed by atoms with van der Waals surface area (Å²) >= 11 is 1.55. The molecule has 1 N–H and O–H groups in total. The second kappa shape index (κ2) is 5.95. The molecule has 2 atom stereocenters. The van der Waals surface area contributed by atoms with Gasteiger partial charge in [0.05, 0.1) is 17.3 Å². The van der Waals surface area contributed by atoms with Gasteiger partial charge in [-0.15, -0.1) is 11.3 Å². The summed E-state index contributed by atoms with van der Waals surface area (Å²) in [6.07, 6.45) is 0.595. The van der Waals surface area contributed by atoms with E-state index in [9.17, 15) is 8.78 Å². The largest absolute Gasteiger partial charge is 0.372 e. The van der Waals surface area contributed by atoms with Crippen molar-refractivity contribution in [1.29, 1.82) is 0 Å². The maximum absolute atomic E-state index is 13.3. The smallest absolute Gasteiger partial charge is 0.159 e. The quantitative estimate of drug-likeness (QED) is 0.941. The first-order valence-electron chi connectivity index (χ1n) is 6.41. The molecule has 0 unspecified atom stereocenters. The summed E-state index contributed by atoms with van der Waals surface area (Å²) in [4.78, 5) is 4.21. The monoisotopic (exact) mass is 296 g/mol. The highest BCUT2D eigenvalue weighted by molar-refractivity contribution is 7.07. The average molecular weight is 296 g/mol. The van der Waals surface area contributed by atoms with Gasteiger partial charge in [0.2, 0.25) is 0 Å². The van der Waals surface area contributed by atoms with Gasteiger partial charge in [0.25, 0.3) is 0 Å². The molecule has 0 saturated carbocycles. The molecular formula is C14H14F2N2OS. The highest BCUT2D eigenvalue weighted by Crippen LogP contribution is 2.30. The van der Waals surface area contributed by atoms with Gasteiger partial charge in [-0.3, -0.25) is 0 Å². The lowest BCUT2D eigenvalue weighted by molar-refractivity contribution is 0.0980. The molecular weight excluding hydrogens is 282 g/mol. The minimum atomic E-state index is -0.837. The van der Waals surface area contributed by atoms with Crippen molar-refractivity contribution in [3.63, 3.8) is 0 Å². The molecule has 1 aromatic carbocycles. The molecule has 2 aromatic rings. The fraction of sp³-hybridized carbons (Fsp3) is 0.357. The number of thiazole rings is 1. The average Bonchev–Trinajstić information content (AvgIpc) is 3.10. The van der Waals surface area contributed by atoms with E-state index in [0.29, 0.717) is 18.7 Å². The van der Waals surface area contributed by atoms with Crippen LogP contribution in [-0.2, 0) is 11.3 Å². The zero-order valence-electron chi connectivity index (χ0n) is 10.7. The van der Waals surface area contributed by atoms with Crippen LogP contribution in [-0.4, -0.2) is 17.6 Å². The van der Waals surface area contributed by atoms with E-state index in [1.165, 1.54) is 6.07 Å². The van der Waals surface area contributed by atoms with Crippen LogP contribution in [0.25, 0.3) is 0 Å². The van der Waals surface area contributed by atoms with Crippen molar-refractivity contribution in [2.24, 2.45) is 0 Å². The molecule has 1 fully saturated rings. The Kier molecular flexibility index (Phi) is 4.05. The van der Waals surface area contributed by atoms with Gasteiger partial charge in [-0.2, -0.15) is 0 Å². The first-order valence-corrected chi connectivity index (χ1v) is 7.35. The van der Waals surface area contributed by atoms with E-state index < -0.39 is 11.6 Å². The van der Waals surface area contributed by atoms with Gasteiger partial charge < -0.3 is 10.1 Å². The van der Waals surface area contributed by atoms with Crippen LogP contribution in [0.15, 0.2) is 29.1 Å². The fourth-order valence-electron chi connectivity index (χ4n) is 2.38. The van der Waals surface area contributed by atoms with E-state index in [-0.39, 0.29) is 12.1 Å². The Morgan fingerprint density at radius 1 is 1.35 bits per heavy atom. The lowest BCUT2D eigenvalue weighted by Gasteiger charge is -2.20. The van der Waals surface area contributed by atoms with Crippen LogP contribution in [0.1, 0.15) is 23.8 Å². The Morgan fingerprint density at radius 2 is 2.25 bits per heavy atom. The number of aromatic nitrogens is 1. The van der Waals surface area contributed by atoms with Crippen LogP contribution < -0.4 is 5.32 Å². The highest BCUT2D eigenvalue weighted by atomic mass is 32.1. The Balaban J connectivity index is 1.69. The predicted octanol–water partition coefficient (Wildman–Crippen LogP) is 3.04. The molecule has 20 heavy (non-hydrogen) atoms. The minimum absolute atomic E-state index is 0.0848. The van der Waals surface area contributed by atoms with Gasteiger partial charge in [0.1, 0.15) is 0 Å². The zero-order chi connectivity index (χ0) is 13.9. The normalized spacial score (nSPS) is 22.3. The van der Waals surface area contributed by atoms with E-state index in [1.54, 1.807) is 22.9 Å². The van der Waals surface area contributed by atoms with Crippen LogP contribution in [0.4, 0.5) is 8.78 Å². The third-order valence-corrected chi connectivity index (χ3v) is 4.03. The number of nitrogens with one attached hydrogen (secondary N) is 1. The summed E-state index contributed by atoms with van der Waals surface area (Å²) in [6, 6.07) is 4.01. The molecule has 1 saturated heterocycles. The zero-order valence-corrected chi connectivity index (χ0v) is 11.5. The van der Waals surface area contributed by atoms with Crippen molar-refractivity contribution in [3.05, 3.63) is 52.0 Å². The van der Waals surface area contributed by atoms with Gasteiger partial charge in [-0.05, 0) is 24.1 Å². The lowest BCUT2D eigenvalue weighted by atomic mass is 10.0. The fourth-order valence-corrected chi connectivity index (χ4v) is 2.94. The van der Waals surface area contributed by atoms with Crippen molar-refractivity contribution in [1.82, 2.24) is 10.3 Å². The first kappa shape index (κ1) is 13.6. The Labute approximate surface area is 119 Å². The maximum atomic E-state index is 13.3. The van der Waals surface area contributed by atoms with E-state index in [2.05, 4.69) is 10.3 Å². The van der Waals surface area contributed by atoms with Crippen LogP contribution in [0.3, 0.4) is 0 Å². The summed E-state index contributed by atoms with van der Waals surface area (Å²) < 4.78 is 31.9. The summed E-state index contributed by atoms with van der Waals surface area (Å²) in [7, 11) is 0. The Hall–Kier alpha value is -1.37. The standard InChI is InChI=1S/C14H14F2N2OS/c15-11-2-1-9(5-12(11)16)14-13(3-4-19-14)17-6-10-7-20-8-18-10/h1-2,5,7-8,13-14,17H,3-4,6H2/t13-,14+/m0/s1. The number of nitrogens with zero attached hydrogens (tertiary/aromatic N) is 1. The number of hydrogen-bond donors (Lipinski definition) is 1. The topological polar surface area (TPSA) is 34.1 Å². The van der Waals surface area contributed by atoms with Crippen molar-refractivity contribution >= 4 is 11.3 Å². The highest BCUT2D eigenvalue weighted by Gasteiger charge is 2.29. The first-order chi connectivity index (χ1) is 9.74. The summed E-state index contributed by atoms with van der Waals surface area (Å²) in [5.74, 6) is -1.67.